The van der Waals surface area contributed by atoms with E-state index in [1.807, 2.05) is 11.9 Å². The zero-order chi connectivity index (χ0) is 12.5. The van der Waals surface area contributed by atoms with Crippen molar-refractivity contribution in [3.8, 4) is 0 Å². The summed E-state index contributed by atoms with van der Waals surface area (Å²) in [5.74, 6) is 1.63. The molecule has 0 radical (unpaired) electrons. The summed E-state index contributed by atoms with van der Waals surface area (Å²) in [5.41, 5.74) is 0.439. The molecule has 16 heavy (non-hydrogen) atoms. The number of amides is 1. The fraction of sp³-hybridized carbons (Fsp3) is 0.929. The van der Waals surface area contributed by atoms with Gasteiger partial charge in [0.1, 0.15) is 0 Å². The zero-order valence-electron chi connectivity index (χ0n) is 11.7. The minimum absolute atomic E-state index is 0.202. The van der Waals surface area contributed by atoms with Gasteiger partial charge in [0.15, 0.2) is 0 Å². The smallest absolute Gasteiger partial charge is 0.219 e. The van der Waals surface area contributed by atoms with Gasteiger partial charge in [-0.2, -0.15) is 0 Å². The number of rotatable bonds is 3. The molecule has 0 N–H and O–H groups in total. The molecule has 1 unspecified atom stereocenters. The molecule has 0 bridgehead atoms. The minimum atomic E-state index is 0.202. The minimum Gasteiger partial charge on any atom is -0.343 e. The van der Waals surface area contributed by atoms with Gasteiger partial charge in [-0.25, -0.2) is 0 Å². The van der Waals surface area contributed by atoms with Crippen LogP contribution in [-0.4, -0.2) is 23.9 Å². The van der Waals surface area contributed by atoms with E-state index in [0.29, 0.717) is 17.4 Å². The maximum atomic E-state index is 11.4. The van der Waals surface area contributed by atoms with E-state index in [0.717, 1.165) is 5.92 Å². The van der Waals surface area contributed by atoms with Crippen LogP contribution < -0.4 is 0 Å². The van der Waals surface area contributed by atoms with Crippen LogP contribution >= 0.6 is 0 Å². The standard InChI is InChI=1S/C14H27NO/c1-7-14(10(2)3)9-13(8-11(14)4)15(6)12(5)16/h10-11,13H,7-9H2,1-6H3/t11?,13-,14-/m1/s1. The molecule has 3 atom stereocenters. The van der Waals surface area contributed by atoms with Crippen LogP contribution in [0.15, 0.2) is 0 Å². The molecule has 1 amide bonds. The first kappa shape index (κ1) is 13.5. The van der Waals surface area contributed by atoms with Gasteiger partial charge in [0.2, 0.25) is 5.91 Å². The molecule has 0 saturated heterocycles. The zero-order valence-corrected chi connectivity index (χ0v) is 11.7. The Bertz CT molecular complexity index is 261. The normalized spacial score (nSPS) is 34.4. The molecule has 1 fully saturated rings. The van der Waals surface area contributed by atoms with Crippen LogP contribution in [0.3, 0.4) is 0 Å². The van der Waals surface area contributed by atoms with E-state index < -0.39 is 0 Å². The third-order valence-corrected chi connectivity index (χ3v) is 5.08. The molecule has 2 nitrogen and oxygen atoms in total. The molecular formula is C14H27NO. The average molecular weight is 225 g/mol. The lowest BCUT2D eigenvalue weighted by molar-refractivity contribution is -0.129. The van der Waals surface area contributed by atoms with Crippen molar-refractivity contribution in [1.82, 2.24) is 4.90 Å². The third-order valence-electron chi connectivity index (χ3n) is 5.08. The molecule has 1 rings (SSSR count). The van der Waals surface area contributed by atoms with Crippen molar-refractivity contribution in [2.24, 2.45) is 17.3 Å². The van der Waals surface area contributed by atoms with Crippen molar-refractivity contribution in [3.63, 3.8) is 0 Å². The summed E-state index contributed by atoms with van der Waals surface area (Å²) in [6.07, 6.45) is 3.58. The molecular weight excluding hydrogens is 198 g/mol. The van der Waals surface area contributed by atoms with Gasteiger partial charge in [0.05, 0.1) is 0 Å². The van der Waals surface area contributed by atoms with Gasteiger partial charge in [-0.05, 0) is 36.5 Å². The molecule has 0 aliphatic heterocycles. The second-order valence-electron chi connectivity index (χ2n) is 5.87. The Kier molecular flexibility index (Phi) is 4.03. The molecule has 0 aromatic rings. The van der Waals surface area contributed by atoms with Crippen molar-refractivity contribution >= 4 is 5.91 Å². The highest BCUT2D eigenvalue weighted by molar-refractivity contribution is 5.73. The number of carbonyl (C=O) groups is 1. The van der Waals surface area contributed by atoms with E-state index in [1.165, 1.54) is 19.3 Å². The van der Waals surface area contributed by atoms with Crippen LogP contribution in [0.2, 0.25) is 0 Å². The van der Waals surface area contributed by atoms with Crippen molar-refractivity contribution in [3.05, 3.63) is 0 Å². The van der Waals surface area contributed by atoms with E-state index in [1.54, 1.807) is 6.92 Å². The number of hydrogen-bond donors (Lipinski definition) is 0. The monoisotopic (exact) mass is 225 g/mol. The second kappa shape index (κ2) is 4.77. The Balaban J connectivity index is 2.83. The molecule has 0 heterocycles. The van der Waals surface area contributed by atoms with E-state index >= 15 is 0 Å². The second-order valence-corrected chi connectivity index (χ2v) is 5.87. The highest BCUT2D eigenvalue weighted by Gasteiger charge is 2.46. The van der Waals surface area contributed by atoms with Crippen molar-refractivity contribution in [2.45, 2.75) is 59.9 Å². The maximum absolute atomic E-state index is 11.4. The predicted octanol–water partition coefficient (Wildman–Crippen LogP) is 3.32. The highest BCUT2D eigenvalue weighted by Crippen LogP contribution is 2.51. The van der Waals surface area contributed by atoms with Crippen LogP contribution in [0.1, 0.15) is 53.9 Å². The van der Waals surface area contributed by atoms with Crippen LogP contribution in [0.25, 0.3) is 0 Å². The van der Waals surface area contributed by atoms with Crippen molar-refractivity contribution in [1.29, 1.82) is 0 Å². The van der Waals surface area contributed by atoms with Gasteiger partial charge in [-0.15, -0.1) is 0 Å². The summed E-state index contributed by atoms with van der Waals surface area (Å²) in [5, 5.41) is 0. The summed E-state index contributed by atoms with van der Waals surface area (Å²) in [4.78, 5) is 13.4. The molecule has 0 aromatic heterocycles. The van der Waals surface area contributed by atoms with Gasteiger partial charge >= 0.3 is 0 Å². The molecule has 94 valence electrons. The lowest BCUT2D eigenvalue weighted by atomic mass is 9.68. The number of nitrogens with zero attached hydrogens (tertiary/aromatic N) is 1. The van der Waals surface area contributed by atoms with Gasteiger partial charge in [-0.3, -0.25) is 4.79 Å². The molecule has 1 aliphatic rings. The molecule has 0 spiro atoms. The summed E-state index contributed by atoms with van der Waals surface area (Å²) < 4.78 is 0. The molecule has 2 heteroatoms. The SMILES string of the molecule is CC[C@]1(C(C)C)C[C@H](N(C)C(C)=O)CC1C. The summed E-state index contributed by atoms with van der Waals surface area (Å²) in [6.45, 7) is 11.0. The fourth-order valence-electron chi connectivity index (χ4n) is 3.62. The molecule has 1 aliphatic carbocycles. The summed E-state index contributed by atoms with van der Waals surface area (Å²) >= 11 is 0. The van der Waals surface area contributed by atoms with Crippen molar-refractivity contribution < 1.29 is 4.79 Å². The van der Waals surface area contributed by atoms with Crippen LogP contribution in [-0.2, 0) is 4.79 Å². The van der Waals surface area contributed by atoms with Crippen LogP contribution in [0.4, 0.5) is 0 Å². The Labute approximate surface area is 100 Å². The Morgan fingerprint density at radius 2 is 2.06 bits per heavy atom. The third kappa shape index (κ3) is 2.11. The first-order chi connectivity index (χ1) is 7.35. The maximum Gasteiger partial charge on any atom is 0.219 e. The van der Waals surface area contributed by atoms with Gasteiger partial charge in [0.25, 0.3) is 0 Å². The Hall–Kier alpha value is -0.530. The highest BCUT2D eigenvalue weighted by atomic mass is 16.2. The molecule has 0 aromatic carbocycles. The summed E-state index contributed by atoms with van der Waals surface area (Å²) in [7, 11) is 1.95. The quantitative estimate of drug-likeness (QED) is 0.721. The van der Waals surface area contributed by atoms with Gasteiger partial charge in [0, 0.05) is 20.0 Å². The van der Waals surface area contributed by atoms with E-state index in [4.69, 9.17) is 0 Å². The largest absolute Gasteiger partial charge is 0.343 e. The van der Waals surface area contributed by atoms with Crippen LogP contribution in [0, 0.1) is 17.3 Å². The van der Waals surface area contributed by atoms with E-state index in [9.17, 15) is 4.79 Å². The van der Waals surface area contributed by atoms with Crippen LogP contribution in [0.5, 0.6) is 0 Å². The lowest BCUT2D eigenvalue weighted by Gasteiger charge is -2.37. The Morgan fingerprint density at radius 1 is 1.50 bits per heavy atom. The predicted molar refractivity (Wildman–Crippen MR) is 68.2 cm³/mol. The first-order valence-corrected chi connectivity index (χ1v) is 6.58. The number of carbonyl (C=O) groups excluding carboxylic acids is 1. The first-order valence-electron chi connectivity index (χ1n) is 6.58. The fourth-order valence-corrected chi connectivity index (χ4v) is 3.62. The average Bonchev–Trinajstić information content (AvgIpc) is 2.55. The molecule has 1 saturated carbocycles. The Morgan fingerprint density at radius 3 is 2.38 bits per heavy atom. The van der Waals surface area contributed by atoms with E-state index in [2.05, 4.69) is 27.7 Å². The topological polar surface area (TPSA) is 20.3 Å². The van der Waals surface area contributed by atoms with Gasteiger partial charge < -0.3 is 4.90 Å². The number of hydrogen-bond acceptors (Lipinski definition) is 1. The van der Waals surface area contributed by atoms with Gasteiger partial charge in [-0.1, -0.05) is 27.7 Å². The summed E-state index contributed by atoms with van der Waals surface area (Å²) in [6, 6.07) is 0.454. The lowest BCUT2D eigenvalue weighted by Crippen LogP contribution is -2.35. The van der Waals surface area contributed by atoms with Crippen molar-refractivity contribution in [2.75, 3.05) is 7.05 Å². The van der Waals surface area contributed by atoms with E-state index in [-0.39, 0.29) is 5.91 Å².